The highest BCUT2D eigenvalue weighted by molar-refractivity contribution is 7.89. The molecule has 0 fully saturated rings. The lowest BCUT2D eigenvalue weighted by molar-refractivity contribution is -0.141. The Balaban J connectivity index is 2.37. The monoisotopic (exact) mass is 393 g/mol. The predicted molar refractivity (Wildman–Crippen MR) is 101 cm³/mol. The number of carbonyl (C=O) groups is 1. The number of benzene rings is 2. The molecule has 0 radical (unpaired) electrons. The topological polar surface area (TPSA) is 93.1 Å². The van der Waals surface area contributed by atoms with Gasteiger partial charge in [0.15, 0.2) is 0 Å². The van der Waals surface area contributed by atoms with Gasteiger partial charge in [-0.3, -0.25) is 4.79 Å². The molecule has 0 saturated carbocycles. The quantitative estimate of drug-likeness (QED) is 0.740. The van der Waals surface area contributed by atoms with Crippen molar-refractivity contribution >= 4 is 16.0 Å². The van der Waals surface area contributed by atoms with E-state index in [1.165, 1.54) is 33.4 Å². The highest BCUT2D eigenvalue weighted by Gasteiger charge is 2.33. The second-order valence-corrected chi connectivity index (χ2v) is 8.07. The van der Waals surface area contributed by atoms with Crippen molar-refractivity contribution in [3.8, 4) is 11.5 Å². The van der Waals surface area contributed by atoms with Gasteiger partial charge in [0.1, 0.15) is 17.5 Å². The summed E-state index contributed by atoms with van der Waals surface area (Å²) in [6.45, 7) is 1.84. The molecular formula is C19H23NO6S. The second-order valence-electron chi connectivity index (χ2n) is 6.07. The van der Waals surface area contributed by atoms with Crippen molar-refractivity contribution < 1.29 is 27.8 Å². The van der Waals surface area contributed by atoms with Crippen LogP contribution in [0.15, 0.2) is 47.4 Å². The summed E-state index contributed by atoms with van der Waals surface area (Å²) < 4.78 is 37.0. The number of likely N-dealkylation sites (N-methyl/N-ethyl adjacent to an activating group) is 1. The molecule has 2 aromatic rings. The summed E-state index contributed by atoms with van der Waals surface area (Å²) in [5, 5.41) is 9.65. The van der Waals surface area contributed by atoms with Gasteiger partial charge in [-0.25, -0.2) is 8.42 Å². The van der Waals surface area contributed by atoms with Gasteiger partial charge in [-0.15, -0.1) is 0 Å². The molecule has 2 rings (SSSR count). The smallest absolute Gasteiger partial charge is 0.322 e. The summed E-state index contributed by atoms with van der Waals surface area (Å²) in [4.78, 5) is 11.9. The van der Waals surface area contributed by atoms with Crippen LogP contribution in [-0.2, 0) is 21.2 Å². The Morgan fingerprint density at radius 2 is 1.74 bits per heavy atom. The van der Waals surface area contributed by atoms with Gasteiger partial charge in [-0.1, -0.05) is 23.8 Å². The largest absolute Gasteiger partial charge is 0.497 e. The molecular weight excluding hydrogens is 370 g/mol. The molecule has 1 atom stereocenters. The minimum absolute atomic E-state index is 0.0449. The number of methoxy groups -OCH3 is 2. The zero-order chi connectivity index (χ0) is 20.2. The lowest BCUT2D eigenvalue weighted by atomic mass is 10.0. The van der Waals surface area contributed by atoms with E-state index in [1.807, 2.05) is 6.92 Å². The molecule has 0 amide bonds. The molecule has 0 saturated heterocycles. The Kier molecular flexibility index (Phi) is 6.45. The van der Waals surface area contributed by atoms with Crippen LogP contribution in [0.5, 0.6) is 11.5 Å². The van der Waals surface area contributed by atoms with Crippen molar-refractivity contribution in [3.63, 3.8) is 0 Å². The molecule has 1 N–H and O–H groups in total. The number of carboxylic acids is 1. The molecule has 0 bridgehead atoms. The molecule has 146 valence electrons. The van der Waals surface area contributed by atoms with Crippen LogP contribution in [0, 0.1) is 6.92 Å². The summed E-state index contributed by atoms with van der Waals surface area (Å²) in [7, 11) is 0.272. The van der Waals surface area contributed by atoms with Gasteiger partial charge in [0, 0.05) is 19.5 Å². The fourth-order valence-electron chi connectivity index (χ4n) is 2.64. The van der Waals surface area contributed by atoms with Crippen LogP contribution in [0.3, 0.4) is 0 Å². The van der Waals surface area contributed by atoms with E-state index in [4.69, 9.17) is 9.47 Å². The Bertz CT molecular complexity index is 908. The maximum atomic E-state index is 12.8. The maximum absolute atomic E-state index is 12.8. The average Bonchev–Trinajstić information content (AvgIpc) is 2.65. The van der Waals surface area contributed by atoms with Crippen LogP contribution in [0.25, 0.3) is 0 Å². The van der Waals surface area contributed by atoms with E-state index in [0.717, 1.165) is 9.87 Å². The van der Waals surface area contributed by atoms with Crippen molar-refractivity contribution in [2.45, 2.75) is 24.3 Å². The van der Waals surface area contributed by atoms with E-state index in [2.05, 4.69) is 0 Å². The molecule has 1 unspecified atom stereocenters. The number of hydrogen-bond donors (Lipinski definition) is 1. The lowest BCUT2D eigenvalue weighted by Crippen LogP contribution is -2.43. The van der Waals surface area contributed by atoms with E-state index in [1.54, 1.807) is 30.3 Å². The normalized spacial score (nSPS) is 12.6. The zero-order valence-electron chi connectivity index (χ0n) is 15.7. The van der Waals surface area contributed by atoms with Crippen LogP contribution in [0.4, 0.5) is 0 Å². The third-order valence-corrected chi connectivity index (χ3v) is 6.21. The van der Waals surface area contributed by atoms with Gasteiger partial charge in [0.05, 0.1) is 19.1 Å². The van der Waals surface area contributed by atoms with Crippen LogP contribution < -0.4 is 9.47 Å². The van der Waals surface area contributed by atoms with E-state index >= 15 is 0 Å². The summed E-state index contributed by atoms with van der Waals surface area (Å²) >= 11 is 0. The Hall–Kier alpha value is -2.58. The molecule has 0 aromatic heterocycles. The number of hydrogen-bond acceptors (Lipinski definition) is 5. The number of aryl methyl sites for hydroxylation is 1. The average molecular weight is 393 g/mol. The van der Waals surface area contributed by atoms with Crippen molar-refractivity contribution in [1.82, 2.24) is 4.31 Å². The summed E-state index contributed by atoms with van der Waals surface area (Å²) in [5.74, 6) is -0.254. The molecule has 0 spiro atoms. The number of aliphatic carboxylic acids is 1. The maximum Gasteiger partial charge on any atom is 0.322 e. The van der Waals surface area contributed by atoms with Crippen LogP contribution in [0.1, 0.15) is 11.1 Å². The van der Waals surface area contributed by atoms with Crippen molar-refractivity contribution in [2.75, 3.05) is 21.3 Å². The van der Waals surface area contributed by atoms with Crippen LogP contribution in [0.2, 0.25) is 0 Å². The number of nitrogens with zero attached hydrogens (tertiary/aromatic N) is 1. The van der Waals surface area contributed by atoms with E-state index in [9.17, 15) is 18.3 Å². The van der Waals surface area contributed by atoms with Crippen molar-refractivity contribution in [1.29, 1.82) is 0 Å². The molecule has 2 aromatic carbocycles. The number of carboxylic acid groups (broad SMARTS) is 1. The summed E-state index contributed by atoms with van der Waals surface area (Å²) in [5.41, 5.74) is 1.48. The SMILES string of the molecule is COc1ccc(CC(C(=O)O)N(C)S(=O)(=O)c2ccc(C)cc2)c(OC)c1. The van der Waals surface area contributed by atoms with Crippen LogP contribution in [-0.4, -0.2) is 51.1 Å². The van der Waals surface area contributed by atoms with Gasteiger partial charge in [-0.2, -0.15) is 4.31 Å². The highest BCUT2D eigenvalue weighted by atomic mass is 32.2. The molecule has 0 heterocycles. The van der Waals surface area contributed by atoms with E-state index in [0.29, 0.717) is 17.1 Å². The Labute approximate surface area is 159 Å². The van der Waals surface area contributed by atoms with Gasteiger partial charge in [0.25, 0.3) is 0 Å². The first-order chi connectivity index (χ1) is 12.7. The minimum atomic E-state index is -3.97. The lowest BCUT2D eigenvalue weighted by Gasteiger charge is -2.25. The third-order valence-electron chi connectivity index (χ3n) is 4.33. The van der Waals surface area contributed by atoms with Crippen LogP contribution >= 0.6 is 0 Å². The molecule has 0 aliphatic carbocycles. The molecule has 8 heteroatoms. The van der Waals surface area contributed by atoms with E-state index in [-0.39, 0.29) is 11.3 Å². The summed E-state index contributed by atoms with van der Waals surface area (Å²) in [6.07, 6.45) is -0.0515. The molecule has 27 heavy (non-hydrogen) atoms. The minimum Gasteiger partial charge on any atom is -0.497 e. The van der Waals surface area contributed by atoms with Gasteiger partial charge >= 0.3 is 5.97 Å². The molecule has 0 aliphatic heterocycles. The summed E-state index contributed by atoms with van der Waals surface area (Å²) in [6, 6.07) is 9.95. The van der Waals surface area contributed by atoms with Gasteiger partial charge in [0.2, 0.25) is 10.0 Å². The fourth-order valence-corrected chi connectivity index (χ4v) is 3.96. The van der Waals surface area contributed by atoms with E-state index < -0.39 is 22.0 Å². The van der Waals surface area contributed by atoms with Crippen molar-refractivity contribution in [2.24, 2.45) is 0 Å². The number of ether oxygens (including phenoxy) is 2. The predicted octanol–water partition coefficient (Wildman–Crippen LogP) is 2.33. The standard InChI is InChI=1S/C19H23NO6S/c1-13-5-9-16(10-6-13)27(23,24)20(2)17(19(21)22)11-14-7-8-15(25-3)12-18(14)26-4/h5-10,12,17H,11H2,1-4H3,(H,21,22). The Morgan fingerprint density at radius 3 is 2.26 bits per heavy atom. The van der Waals surface area contributed by atoms with Gasteiger partial charge < -0.3 is 14.6 Å². The third kappa shape index (κ3) is 4.58. The molecule has 7 nitrogen and oxygen atoms in total. The highest BCUT2D eigenvalue weighted by Crippen LogP contribution is 2.27. The zero-order valence-corrected chi connectivity index (χ0v) is 16.5. The number of sulfonamides is 1. The Morgan fingerprint density at radius 1 is 1.11 bits per heavy atom. The first kappa shape index (κ1) is 20.7. The van der Waals surface area contributed by atoms with Gasteiger partial charge in [-0.05, 0) is 30.7 Å². The first-order valence-corrected chi connectivity index (χ1v) is 9.63. The van der Waals surface area contributed by atoms with Crippen molar-refractivity contribution in [3.05, 3.63) is 53.6 Å². The first-order valence-electron chi connectivity index (χ1n) is 8.19. The second kappa shape index (κ2) is 8.41. The molecule has 0 aliphatic rings. The fraction of sp³-hybridized carbons (Fsp3) is 0.316. The number of rotatable bonds is 8.